The maximum absolute atomic E-state index is 5.79. The molecule has 0 heterocycles. The van der Waals surface area contributed by atoms with E-state index in [0.717, 1.165) is 29.5 Å². The van der Waals surface area contributed by atoms with Gasteiger partial charge in [0.15, 0.2) is 0 Å². The van der Waals surface area contributed by atoms with Gasteiger partial charge in [0, 0.05) is 5.69 Å². The van der Waals surface area contributed by atoms with Crippen molar-refractivity contribution in [1.29, 1.82) is 0 Å². The Morgan fingerprint density at radius 3 is 2.71 bits per heavy atom. The number of nitrogens with two attached hydrogens (primary N) is 1. The van der Waals surface area contributed by atoms with E-state index in [1.54, 1.807) is 0 Å². The van der Waals surface area contributed by atoms with Crippen molar-refractivity contribution < 1.29 is 4.74 Å². The summed E-state index contributed by atoms with van der Waals surface area (Å²) in [5.41, 5.74) is 7.71. The van der Waals surface area contributed by atoms with E-state index in [2.05, 4.69) is 0 Å². The fourth-order valence-electron chi connectivity index (χ4n) is 2.56. The SMILES string of the molecule is Cc1cc(OCCC2CCCCC2)ccc1N. The number of hydrogen-bond donors (Lipinski definition) is 1. The first kappa shape index (κ1) is 12.3. The maximum Gasteiger partial charge on any atom is 0.119 e. The molecule has 2 nitrogen and oxygen atoms in total. The molecule has 1 fully saturated rings. The third-order valence-electron chi connectivity index (χ3n) is 3.76. The minimum Gasteiger partial charge on any atom is -0.494 e. The fraction of sp³-hybridized carbons (Fsp3) is 0.600. The summed E-state index contributed by atoms with van der Waals surface area (Å²) in [7, 11) is 0. The van der Waals surface area contributed by atoms with Crippen LogP contribution >= 0.6 is 0 Å². The van der Waals surface area contributed by atoms with E-state index in [4.69, 9.17) is 10.5 Å². The first-order valence-electron chi connectivity index (χ1n) is 6.74. The van der Waals surface area contributed by atoms with Crippen molar-refractivity contribution in [3.8, 4) is 5.75 Å². The largest absolute Gasteiger partial charge is 0.494 e. The molecule has 0 spiro atoms. The Labute approximate surface area is 104 Å². The Bertz CT molecular complexity index is 356. The summed E-state index contributed by atoms with van der Waals surface area (Å²) in [6, 6.07) is 5.91. The van der Waals surface area contributed by atoms with Crippen LogP contribution in [0.1, 0.15) is 44.1 Å². The van der Waals surface area contributed by atoms with Crippen LogP contribution in [0.4, 0.5) is 5.69 Å². The number of rotatable bonds is 4. The van der Waals surface area contributed by atoms with Gasteiger partial charge in [-0.25, -0.2) is 0 Å². The Hall–Kier alpha value is -1.18. The van der Waals surface area contributed by atoms with Gasteiger partial charge in [-0.15, -0.1) is 0 Å². The van der Waals surface area contributed by atoms with Gasteiger partial charge in [-0.2, -0.15) is 0 Å². The Kier molecular flexibility index (Phi) is 4.29. The second-order valence-corrected chi connectivity index (χ2v) is 5.16. The number of benzene rings is 1. The molecule has 0 saturated heterocycles. The van der Waals surface area contributed by atoms with E-state index >= 15 is 0 Å². The first-order valence-corrected chi connectivity index (χ1v) is 6.74. The molecule has 0 bridgehead atoms. The second-order valence-electron chi connectivity index (χ2n) is 5.16. The number of ether oxygens (including phenoxy) is 1. The van der Waals surface area contributed by atoms with Gasteiger partial charge in [-0.05, 0) is 43.0 Å². The topological polar surface area (TPSA) is 35.2 Å². The number of aryl methyl sites for hydroxylation is 1. The first-order chi connectivity index (χ1) is 8.25. The van der Waals surface area contributed by atoms with Crippen molar-refractivity contribution in [1.82, 2.24) is 0 Å². The normalized spacial score (nSPS) is 17.0. The van der Waals surface area contributed by atoms with Gasteiger partial charge < -0.3 is 10.5 Å². The molecular weight excluding hydrogens is 210 g/mol. The van der Waals surface area contributed by atoms with Crippen molar-refractivity contribution in [3.63, 3.8) is 0 Å². The molecule has 2 heteroatoms. The number of hydrogen-bond acceptors (Lipinski definition) is 2. The summed E-state index contributed by atoms with van der Waals surface area (Å²) in [5, 5.41) is 0. The molecule has 1 aliphatic rings. The molecular formula is C15H23NO. The summed E-state index contributed by atoms with van der Waals surface area (Å²) in [4.78, 5) is 0. The summed E-state index contributed by atoms with van der Waals surface area (Å²) in [6.07, 6.45) is 8.23. The van der Waals surface area contributed by atoms with Crippen LogP contribution in [0.25, 0.3) is 0 Å². The lowest BCUT2D eigenvalue weighted by Gasteiger charge is -2.21. The molecule has 0 unspecified atom stereocenters. The van der Waals surface area contributed by atoms with E-state index in [-0.39, 0.29) is 0 Å². The van der Waals surface area contributed by atoms with Crippen molar-refractivity contribution in [3.05, 3.63) is 23.8 Å². The highest BCUT2D eigenvalue weighted by Crippen LogP contribution is 2.26. The van der Waals surface area contributed by atoms with Gasteiger partial charge in [-0.1, -0.05) is 32.1 Å². The maximum atomic E-state index is 5.79. The van der Waals surface area contributed by atoms with Crippen LogP contribution < -0.4 is 10.5 Å². The predicted molar refractivity (Wildman–Crippen MR) is 72.3 cm³/mol. The van der Waals surface area contributed by atoms with Crippen LogP contribution in [0.5, 0.6) is 5.75 Å². The third-order valence-corrected chi connectivity index (χ3v) is 3.76. The molecule has 0 aromatic heterocycles. The molecule has 1 aromatic rings. The van der Waals surface area contributed by atoms with E-state index in [0.29, 0.717) is 0 Å². The summed E-state index contributed by atoms with van der Waals surface area (Å²) >= 11 is 0. The van der Waals surface area contributed by atoms with Gasteiger partial charge in [-0.3, -0.25) is 0 Å². The van der Waals surface area contributed by atoms with Crippen molar-refractivity contribution >= 4 is 5.69 Å². The van der Waals surface area contributed by atoms with Gasteiger partial charge >= 0.3 is 0 Å². The van der Waals surface area contributed by atoms with Crippen LogP contribution in [0, 0.1) is 12.8 Å². The highest BCUT2D eigenvalue weighted by atomic mass is 16.5. The molecule has 94 valence electrons. The van der Waals surface area contributed by atoms with Gasteiger partial charge in [0.1, 0.15) is 5.75 Å². The Morgan fingerprint density at radius 2 is 2.00 bits per heavy atom. The smallest absolute Gasteiger partial charge is 0.119 e. The molecule has 1 aromatic carbocycles. The van der Waals surface area contributed by atoms with E-state index < -0.39 is 0 Å². The number of anilines is 1. The minimum absolute atomic E-state index is 0.838. The Balaban J connectivity index is 1.75. The van der Waals surface area contributed by atoms with Crippen molar-refractivity contribution in [2.75, 3.05) is 12.3 Å². The van der Waals surface area contributed by atoms with Gasteiger partial charge in [0.2, 0.25) is 0 Å². The molecule has 17 heavy (non-hydrogen) atoms. The predicted octanol–water partition coefficient (Wildman–Crippen LogP) is 3.93. The molecule has 2 N–H and O–H groups in total. The van der Waals surface area contributed by atoms with Crippen LogP contribution in [0.3, 0.4) is 0 Å². The van der Waals surface area contributed by atoms with E-state index in [9.17, 15) is 0 Å². The zero-order valence-electron chi connectivity index (χ0n) is 10.7. The molecule has 0 amide bonds. The van der Waals surface area contributed by atoms with E-state index in [1.807, 2.05) is 25.1 Å². The van der Waals surface area contributed by atoms with Gasteiger partial charge in [0.25, 0.3) is 0 Å². The van der Waals surface area contributed by atoms with Crippen molar-refractivity contribution in [2.45, 2.75) is 45.4 Å². The lowest BCUT2D eigenvalue weighted by molar-refractivity contribution is 0.246. The second kappa shape index (κ2) is 5.95. The molecule has 1 saturated carbocycles. The molecule has 2 rings (SSSR count). The lowest BCUT2D eigenvalue weighted by atomic mass is 9.87. The monoisotopic (exact) mass is 233 g/mol. The number of nitrogen functional groups attached to an aromatic ring is 1. The zero-order chi connectivity index (χ0) is 12.1. The highest BCUT2D eigenvalue weighted by Gasteiger charge is 2.13. The van der Waals surface area contributed by atoms with Crippen LogP contribution in [-0.2, 0) is 0 Å². The summed E-state index contributed by atoms with van der Waals surface area (Å²) < 4.78 is 5.79. The zero-order valence-corrected chi connectivity index (χ0v) is 10.7. The Morgan fingerprint density at radius 1 is 1.24 bits per heavy atom. The average molecular weight is 233 g/mol. The molecule has 1 aliphatic carbocycles. The third kappa shape index (κ3) is 3.65. The van der Waals surface area contributed by atoms with Crippen LogP contribution in [-0.4, -0.2) is 6.61 Å². The van der Waals surface area contributed by atoms with Crippen molar-refractivity contribution in [2.24, 2.45) is 5.92 Å². The fourth-order valence-corrected chi connectivity index (χ4v) is 2.56. The summed E-state index contributed by atoms with van der Waals surface area (Å²) in [6.45, 7) is 2.86. The molecule has 0 aliphatic heterocycles. The highest BCUT2D eigenvalue weighted by molar-refractivity contribution is 5.49. The van der Waals surface area contributed by atoms with Crippen LogP contribution in [0.15, 0.2) is 18.2 Å². The average Bonchev–Trinajstić information content (AvgIpc) is 2.35. The lowest BCUT2D eigenvalue weighted by Crippen LogP contribution is -2.10. The van der Waals surface area contributed by atoms with Crippen LogP contribution in [0.2, 0.25) is 0 Å². The standard InChI is InChI=1S/C15H23NO/c1-12-11-14(7-8-15(12)16)17-10-9-13-5-3-2-4-6-13/h7-8,11,13H,2-6,9-10,16H2,1H3. The summed E-state index contributed by atoms with van der Waals surface area (Å²) in [5.74, 6) is 1.84. The van der Waals surface area contributed by atoms with E-state index in [1.165, 1.54) is 38.5 Å². The minimum atomic E-state index is 0.838. The molecule has 0 atom stereocenters. The van der Waals surface area contributed by atoms with Gasteiger partial charge in [0.05, 0.1) is 6.61 Å². The molecule has 0 radical (unpaired) electrons. The quantitative estimate of drug-likeness (QED) is 0.800.